The van der Waals surface area contributed by atoms with Gasteiger partial charge in [-0.2, -0.15) is 13.2 Å². The summed E-state index contributed by atoms with van der Waals surface area (Å²) in [5, 5.41) is 0.0144. The molecule has 0 spiro atoms. The van der Waals surface area contributed by atoms with Gasteiger partial charge in [-0.1, -0.05) is 23.7 Å². The van der Waals surface area contributed by atoms with Crippen molar-refractivity contribution in [2.75, 3.05) is 43.1 Å². The minimum atomic E-state index is -4.45. The van der Waals surface area contributed by atoms with E-state index in [1.165, 1.54) is 0 Å². The average molecular weight is 372 g/mol. The Bertz CT molecular complexity index is 746. The molecule has 0 amide bonds. The molecule has 1 aliphatic rings. The van der Waals surface area contributed by atoms with Crippen LogP contribution in [-0.2, 0) is 6.18 Å². The number of hydrogen-bond acceptors (Lipinski definition) is 4. The number of para-hydroxylation sites is 2. The highest BCUT2D eigenvalue weighted by Gasteiger charge is 2.32. The number of aromatic nitrogens is 1. The summed E-state index contributed by atoms with van der Waals surface area (Å²) in [4.78, 5) is 8.00. The third-order valence-electron chi connectivity index (χ3n) is 4.15. The predicted molar refractivity (Wildman–Crippen MR) is 91.7 cm³/mol. The molecule has 0 saturated carbocycles. The fraction of sp³-hybridized carbons (Fsp3) is 0.353. The van der Waals surface area contributed by atoms with Crippen LogP contribution in [0.1, 0.15) is 5.56 Å². The van der Waals surface area contributed by atoms with Gasteiger partial charge in [-0.3, -0.25) is 0 Å². The van der Waals surface area contributed by atoms with Gasteiger partial charge in [-0.25, -0.2) is 4.98 Å². The molecule has 1 aliphatic heterocycles. The van der Waals surface area contributed by atoms with E-state index in [0.29, 0.717) is 32.0 Å². The summed E-state index contributed by atoms with van der Waals surface area (Å²) >= 11 is 6.03. The number of rotatable bonds is 3. The van der Waals surface area contributed by atoms with E-state index >= 15 is 0 Å². The molecule has 134 valence electrons. The monoisotopic (exact) mass is 371 g/mol. The number of piperazine rings is 1. The number of hydrogen-bond donors (Lipinski definition) is 0. The van der Waals surface area contributed by atoms with E-state index in [0.717, 1.165) is 23.7 Å². The first-order chi connectivity index (χ1) is 11.9. The first kappa shape index (κ1) is 17.7. The summed E-state index contributed by atoms with van der Waals surface area (Å²) in [6.07, 6.45) is -3.62. The molecular weight excluding hydrogens is 355 g/mol. The fourth-order valence-electron chi connectivity index (χ4n) is 2.87. The summed E-state index contributed by atoms with van der Waals surface area (Å²) in [5.41, 5.74) is 0.157. The predicted octanol–water partition coefficient (Wildman–Crippen LogP) is 4.09. The maximum absolute atomic E-state index is 12.7. The molecule has 0 atom stereocenters. The summed E-state index contributed by atoms with van der Waals surface area (Å²) in [6.45, 7) is 2.60. The molecular formula is C17H17ClF3N3O. The lowest BCUT2D eigenvalue weighted by atomic mass is 10.2. The standard InChI is InChI=1S/C17H17ClF3N3O/c1-25-15-5-3-2-4-14(15)23-6-8-24(9-7-23)16-13(18)10-12(11-22-16)17(19,20)21/h2-5,10-11H,6-9H2,1H3. The Hall–Kier alpha value is -2.15. The molecule has 2 aromatic rings. The van der Waals surface area contributed by atoms with Crippen LogP contribution in [0.4, 0.5) is 24.7 Å². The molecule has 0 radical (unpaired) electrons. The van der Waals surface area contributed by atoms with Crippen molar-refractivity contribution in [3.8, 4) is 5.75 Å². The van der Waals surface area contributed by atoms with E-state index in [-0.39, 0.29) is 5.02 Å². The third kappa shape index (κ3) is 3.76. The number of ether oxygens (including phenoxy) is 1. The van der Waals surface area contributed by atoms with Crippen LogP contribution in [-0.4, -0.2) is 38.3 Å². The maximum Gasteiger partial charge on any atom is 0.417 e. The summed E-state index contributed by atoms with van der Waals surface area (Å²) < 4.78 is 43.5. The van der Waals surface area contributed by atoms with Crippen molar-refractivity contribution in [1.82, 2.24) is 4.98 Å². The number of alkyl halides is 3. The third-order valence-corrected chi connectivity index (χ3v) is 4.43. The van der Waals surface area contributed by atoms with Crippen LogP contribution in [0, 0.1) is 0 Å². The minimum Gasteiger partial charge on any atom is -0.495 e. The van der Waals surface area contributed by atoms with E-state index in [2.05, 4.69) is 9.88 Å². The molecule has 8 heteroatoms. The quantitative estimate of drug-likeness (QED) is 0.812. The van der Waals surface area contributed by atoms with Crippen LogP contribution >= 0.6 is 11.6 Å². The molecule has 4 nitrogen and oxygen atoms in total. The number of anilines is 2. The molecule has 0 aliphatic carbocycles. The minimum absolute atomic E-state index is 0.0144. The smallest absolute Gasteiger partial charge is 0.417 e. The molecule has 1 fully saturated rings. The summed E-state index contributed by atoms with van der Waals surface area (Å²) in [5.74, 6) is 1.18. The van der Waals surface area contributed by atoms with E-state index in [1.807, 2.05) is 29.2 Å². The van der Waals surface area contributed by atoms with Crippen LogP contribution in [0.15, 0.2) is 36.5 Å². The van der Waals surface area contributed by atoms with Crippen LogP contribution in [0.5, 0.6) is 5.75 Å². The van der Waals surface area contributed by atoms with Gasteiger partial charge >= 0.3 is 6.18 Å². The van der Waals surface area contributed by atoms with Gasteiger partial charge in [0.15, 0.2) is 0 Å². The van der Waals surface area contributed by atoms with Crippen molar-refractivity contribution < 1.29 is 17.9 Å². The van der Waals surface area contributed by atoms with Gasteiger partial charge in [0.1, 0.15) is 11.6 Å². The van der Waals surface area contributed by atoms with Crippen molar-refractivity contribution in [3.05, 3.63) is 47.1 Å². The highest BCUT2D eigenvalue weighted by molar-refractivity contribution is 6.33. The average Bonchev–Trinajstić information content (AvgIpc) is 2.61. The fourth-order valence-corrected chi connectivity index (χ4v) is 3.15. The van der Waals surface area contributed by atoms with Gasteiger partial charge in [0.25, 0.3) is 0 Å². The van der Waals surface area contributed by atoms with E-state index in [1.54, 1.807) is 7.11 Å². The van der Waals surface area contributed by atoms with Crippen molar-refractivity contribution in [2.24, 2.45) is 0 Å². The summed E-state index contributed by atoms with van der Waals surface area (Å²) in [6, 6.07) is 8.66. The van der Waals surface area contributed by atoms with Crippen LogP contribution in [0.2, 0.25) is 5.02 Å². The second-order valence-corrected chi connectivity index (χ2v) is 6.08. The molecule has 25 heavy (non-hydrogen) atoms. The Kier molecular flexibility index (Phi) is 4.94. The summed E-state index contributed by atoms with van der Waals surface area (Å²) in [7, 11) is 1.63. The lowest BCUT2D eigenvalue weighted by Crippen LogP contribution is -2.47. The topological polar surface area (TPSA) is 28.6 Å². The zero-order valence-electron chi connectivity index (χ0n) is 13.6. The van der Waals surface area contributed by atoms with Gasteiger partial charge in [-0.15, -0.1) is 0 Å². The van der Waals surface area contributed by atoms with E-state index in [9.17, 15) is 13.2 Å². The molecule has 0 unspecified atom stereocenters. The van der Waals surface area contributed by atoms with Gasteiger partial charge in [0.05, 0.1) is 23.4 Å². The Labute approximate surface area is 148 Å². The van der Waals surface area contributed by atoms with E-state index in [4.69, 9.17) is 16.3 Å². The van der Waals surface area contributed by atoms with E-state index < -0.39 is 11.7 Å². The lowest BCUT2D eigenvalue weighted by Gasteiger charge is -2.37. The largest absolute Gasteiger partial charge is 0.495 e. The zero-order chi connectivity index (χ0) is 18.0. The molecule has 0 N–H and O–H groups in total. The first-order valence-electron chi connectivity index (χ1n) is 7.76. The number of halogens is 4. The van der Waals surface area contributed by atoms with Gasteiger partial charge in [0, 0.05) is 32.4 Å². The van der Waals surface area contributed by atoms with Crippen LogP contribution < -0.4 is 14.5 Å². The normalized spacial score (nSPS) is 15.4. The Morgan fingerprint density at radius 3 is 2.32 bits per heavy atom. The van der Waals surface area contributed by atoms with Gasteiger partial charge in [0.2, 0.25) is 0 Å². The van der Waals surface area contributed by atoms with Crippen molar-refractivity contribution in [3.63, 3.8) is 0 Å². The van der Waals surface area contributed by atoms with Gasteiger partial charge in [-0.05, 0) is 18.2 Å². The SMILES string of the molecule is COc1ccccc1N1CCN(c2ncc(C(F)(F)F)cc2Cl)CC1. The van der Waals surface area contributed by atoms with Crippen LogP contribution in [0.3, 0.4) is 0 Å². The molecule has 0 bridgehead atoms. The zero-order valence-corrected chi connectivity index (χ0v) is 14.3. The van der Waals surface area contributed by atoms with Crippen LogP contribution in [0.25, 0.3) is 0 Å². The lowest BCUT2D eigenvalue weighted by molar-refractivity contribution is -0.137. The second-order valence-electron chi connectivity index (χ2n) is 5.67. The Morgan fingerprint density at radius 1 is 1.08 bits per heavy atom. The number of nitrogens with zero attached hydrogens (tertiary/aromatic N) is 3. The van der Waals surface area contributed by atoms with Crippen molar-refractivity contribution >= 4 is 23.1 Å². The molecule has 1 aromatic carbocycles. The van der Waals surface area contributed by atoms with Crippen molar-refractivity contribution in [2.45, 2.75) is 6.18 Å². The molecule has 1 aromatic heterocycles. The Morgan fingerprint density at radius 2 is 1.72 bits per heavy atom. The highest BCUT2D eigenvalue weighted by Crippen LogP contribution is 2.34. The molecule has 3 rings (SSSR count). The highest BCUT2D eigenvalue weighted by atomic mass is 35.5. The maximum atomic E-state index is 12.7. The number of pyridine rings is 1. The number of methoxy groups -OCH3 is 1. The second kappa shape index (κ2) is 7.00. The molecule has 2 heterocycles. The van der Waals surface area contributed by atoms with Gasteiger partial charge < -0.3 is 14.5 Å². The van der Waals surface area contributed by atoms with Crippen molar-refractivity contribution in [1.29, 1.82) is 0 Å². The molecule has 1 saturated heterocycles. The first-order valence-corrected chi connectivity index (χ1v) is 8.13. The number of benzene rings is 1. The Balaban J connectivity index is 1.72.